The number of methoxy groups -OCH3 is 3. The van der Waals surface area contributed by atoms with E-state index in [-0.39, 0.29) is 67.7 Å². The fourth-order valence-corrected chi connectivity index (χ4v) is 5.71. The van der Waals surface area contributed by atoms with E-state index >= 15 is 0 Å². The van der Waals surface area contributed by atoms with Crippen molar-refractivity contribution in [3.05, 3.63) is 152 Å². The van der Waals surface area contributed by atoms with Crippen LogP contribution >= 0.6 is 0 Å². The smallest absolute Gasteiger partial charge is 0.356 e. The number of benzene rings is 2. The topological polar surface area (TPSA) is 214 Å². The molecule has 0 N–H and O–H groups in total. The van der Waals surface area contributed by atoms with Gasteiger partial charge in [0.15, 0.2) is 17.1 Å². The second kappa shape index (κ2) is 19.2. The van der Waals surface area contributed by atoms with Gasteiger partial charge in [0.1, 0.15) is 17.5 Å². The van der Waals surface area contributed by atoms with Crippen molar-refractivity contribution >= 4 is 46.7 Å². The number of nitrogens with zero attached hydrogens (tertiary/aromatic N) is 8. The van der Waals surface area contributed by atoms with Gasteiger partial charge in [-0.3, -0.25) is 20.2 Å². The van der Waals surface area contributed by atoms with Crippen LogP contribution in [0.3, 0.4) is 0 Å². The third kappa shape index (κ3) is 10.8. The molecule has 0 unspecified atom stereocenters. The predicted octanol–water partition coefficient (Wildman–Crippen LogP) is 5.27. The number of nitro groups is 2. The second-order valence-corrected chi connectivity index (χ2v) is 12.3. The summed E-state index contributed by atoms with van der Waals surface area (Å²) in [7, 11) is 3.76. The molecule has 0 aliphatic heterocycles. The minimum atomic E-state index is -0.635. The maximum absolute atomic E-state index is 12.6. The van der Waals surface area contributed by atoms with E-state index in [0.29, 0.717) is 17.5 Å². The van der Waals surface area contributed by atoms with E-state index in [0.717, 1.165) is 11.1 Å². The number of aromatic nitrogens is 3. The molecule has 0 amide bonds. The number of hydrogen-bond donors (Lipinski definition) is 0. The van der Waals surface area contributed by atoms with Gasteiger partial charge >= 0.3 is 17.9 Å². The molecule has 0 saturated heterocycles. The highest BCUT2D eigenvalue weighted by atomic mass is 16.6. The number of carbonyl (C=O) groups is 3. The van der Waals surface area contributed by atoms with Crippen molar-refractivity contribution in [2.45, 2.75) is 13.1 Å². The third-order valence-corrected chi connectivity index (χ3v) is 8.68. The number of anilines is 3. The van der Waals surface area contributed by atoms with Crippen molar-refractivity contribution < 1.29 is 38.4 Å². The van der Waals surface area contributed by atoms with Gasteiger partial charge in [-0.25, -0.2) is 29.3 Å². The van der Waals surface area contributed by atoms with E-state index in [1.807, 2.05) is 14.7 Å². The van der Waals surface area contributed by atoms with Crippen molar-refractivity contribution in [1.82, 2.24) is 15.0 Å². The summed E-state index contributed by atoms with van der Waals surface area (Å²) in [5.74, 6) is -0.613. The summed E-state index contributed by atoms with van der Waals surface area (Å²) in [6.45, 7) is 1.59. The van der Waals surface area contributed by atoms with Gasteiger partial charge in [-0.05, 0) is 47.5 Å². The first-order valence-electron chi connectivity index (χ1n) is 17.4. The van der Waals surface area contributed by atoms with E-state index in [9.17, 15) is 34.6 Å². The molecule has 0 aliphatic carbocycles. The summed E-state index contributed by atoms with van der Waals surface area (Å²) < 4.78 is 14.7. The minimum absolute atomic E-state index is 0.0660. The molecule has 0 fully saturated rings. The Morgan fingerprint density at radius 1 is 0.491 bits per heavy atom. The molecule has 5 rings (SSSR count). The number of non-ortho nitro benzene ring substituents is 2. The molecule has 0 atom stereocenters. The lowest BCUT2D eigenvalue weighted by atomic mass is 10.2. The van der Waals surface area contributed by atoms with Gasteiger partial charge in [-0.15, -0.1) is 0 Å². The van der Waals surface area contributed by atoms with Crippen molar-refractivity contribution in [2.75, 3.05) is 62.2 Å². The Morgan fingerprint density at radius 2 is 0.789 bits per heavy atom. The van der Waals surface area contributed by atoms with Crippen molar-refractivity contribution in [2.24, 2.45) is 0 Å². The highest BCUT2D eigenvalue weighted by molar-refractivity contribution is 5.88. The quantitative estimate of drug-likeness (QED) is 0.0480. The molecule has 0 bridgehead atoms. The number of pyridine rings is 3. The fourth-order valence-electron chi connectivity index (χ4n) is 5.71. The van der Waals surface area contributed by atoms with Gasteiger partial charge in [0.25, 0.3) is 11.4 Å². The first-order chi connectivity index (χ1) is 27.5. The van der Waals surface area contributed by atoms with Gasteiger partial charge in [-0.2, -0.15) is 0 Å². The zero-order valence-corrected chi connectivity index (χ0v) is 31.2. The molecule has 2 aromatic carbocycles. The molecule has 0 aliphatic rings. The molecule has 18 heteroatoms. The SMILES string of the molecule is COC(=O)c1cccc(N(CCN(Cc2ccc([N+](=O)[O-])cc2)c2cccc(C(=O)OC)n2)CCN(Cc2ccc([N+](=O)[O-])cc2)c2cccc(C(=O)OC)n2)n1. The van der Waals surface area contributed by atoms with Crippen LogP contribution in [0.25, 0.3) is 0 Å². The van der Waals surface area contributed by atoms with E-state index in [1.54, 1.807) is 60.7 Å². The predicted molar refractivity (Wildman–Crippen MR) is 207 cm³/mol. The zero-order valence-electron chi connectivity index (χ0n) is 31.2. The first-order valence-corrected chi connectivity index (χ1v) is 17.4. The molecule has 0 saturated carbocycles. The fraction of sp³-hybridized carbons (Fsp3) is 0.231. The summed E-state index contributed by atoms with van der Waals surface area (Å²) in [6.07, 6.45) is 0. The number of nitro benzene ring substituents is 2. The number of esters is 3. The number of rotatable bonds is 18. The minimum Gasteiger partial charge on any atom is -0.464 e. The van der Waals surface area contributed by atoms with Gasteiger partial charge in [-0.1, -0.05) is 42.5 Å². The molecule has 0 spiro atoms. The van der Waals surface area contributed by atoms with E-state index in [4.69, 9.17) is 14.2 Å². The average molecular weight is 779 g/mol. The monoisotopic (exact) mass is 778 g/mol. The van der Waals surface area contributed by atoms with Gasteiger partial charge < -0.3 is 28.9 Å². The largest absolute Gasteiger partial charge is 0.464 e. The van der Waals surface area contributed by atoms with Crippen LogP contribution in [-0.2, 0) is 27.3 Å². The molecular formula is C39H38N8O10. The Bertz CT molecular complexity index is 2090. The zero-order chi connectivity index (χ0) is 40.9. The summed E-state index contributed by atoms with van der Waals surface area (Å²) in [4.78, 5) is 78.5. The molecular weight excluding hydrogens is 740 g/mol. The van der Waals surface area contributed by atoms with Crippen LogP contribution in [-0.4, -0.2) is 90.2 Å². The molecule has 5 aromatic rings. The van der Waals surface area contributed by atoms with Crippen LogP contribution in [0.2, 0.25) is 0 Å². The number of hydrogen-bond acceptors (Lipinski definition) is 16. The van der Waals surface area contributed by atoms with Gasteiger partial charge in [0.05, 0.1) is 31.2 Å². The lowest BCUT2D eigenvalue weighted by Crippen LogP contribution is -2.41. The highest BCUT2D eigenvalue weighted by Crippen LogP contribution is 2.22. The number of carbonyl (C=O) groups excluding carboxylic acids is 3. The molecule has 0 radical (unpaired) electrons. The molecule has 3 aromatic heterocycles. The van der Waals surface area contributed by atoms with Crippen LogP contribution in [0.1, 0.15) is 42.6 Å². The Kier molecular flexibility index (Phi) is 13.7. The van der Waals surface area contributed by atoms with Gasteiger partial charge in [0, 0.05) is 63.5 Å². The summed E-state index contributed by atoms with van der Waals surface area (Å²) in [5.41, 5.74) is 1.56. The van der Waals surface area contributed by atoms with Crippen LogP contribution in [0.5, 0.6) is 0 Å². The first kappa shape index (κ1) is 40.7. The lowest BCUT2D eigenvalue weighted by molar-refractivity contribution is -0.385. The molecule has 3 heterocycles. The third-order valence-electron chi connectivity index (χ3n) is 8.68. The molecule has 18 nitrogen and oxygen atoms in total. The maximum Gasteiger partial charge on any atom is 0.356 e. The summed E-state index contributed by atoms with van der Waals surface area (Å²) in [6, 6.07) is 27.0. The Morgan fingerprint density at radius 3 is 1.09 bits per heavy atom. The lowest BCUT2D eigenvalue weighted by Gasteiger charge is -2.32. The maximum atomic E-state index is 12.6. The standard InChI is InChI=1S/C39H38N8O10/c1-55-37(48)31-7-4-10-34(40-31)43(21-23-44(25-27-13-17-29(18-14-27)46(51)52)35-11-5-8-32(41-35)38(49)56-2)22-24-45(26-28-15-19-30(20-16-28)47(53)54)36-12-6-9-33(42-36)39(50)57-3/h4-20H,21-26H2,1-3H3. The van der Waals surface area contributed by atoms with E-state index in [1.165, 1.54) is 63.8 Å². The van der Waals surface area contributed by atoms with Crippen molar-refractivity contribution in [1.29, 1.82) is 0 Å². The summed E-state index contributed by atoms with van der Waals surface area (Å²) >= 11 is 0. The Labute approximate surface area is 326 Å². The Balaban J connectivity index is 1.50. The Hall–Kier alpha value is -7.50. The second-order valence-electron chi connectivity index (χ2n) is 12.3. The van der Waals surface area contributed by atoms with E-state index in [2.05, 4.69) is 15.0 Å². The molecule has 57 heavy (non-hydrogen) atoms. The normalized spacial score (nSPS) is 10.6. The highest BCUT2D eigenvalue weighted by Gasteiger charge is 2.21. The van der Waals surface area contributed by atoms with Crippen LogP contribution in [0.15, 0.2) is 103 Å². The van der Waals surface area contributed by atoms with Crippen LogP contribution < -0.4 is 14.7 Å². The summed E-state index contributed by atoms with van der Waals surface area (Å²) in [5, 5.41) is 22.7. The average Bonchev–Trinajstić information content (AvgIpc) is 3.24. The van der Waals surface area contributed by atoms with Gasteiger partial charge in [0.2, 0.25) is 0 Å². The molecule has 294 valence electrons. The van der Waals surface area contributed by atoms with Crippen molar-refractivity contribution in [3.8, 4) is 0 Å². The van der Waals surface area contributed by atoms with Crippen LogP contribution in [0, 0.1) is 20.2 Å². The van der Waals surface area contributed by atoms with E-state index < -0.39 is 27.8 Å². The van der Waals surface area contributed by atoms with Crippen LogP contribution in [0.4, 0.5) is 28.8 Å². The van der Waals surface area contributed by atoms with Crippen molar-refractivity contribution in [3.63, 3.8) is 0 Å². The number of ether oxygens (including phenoxy) is 3.